The standard InChI is InChI=1S/C6H8O7.C6H10O7/c7-3(8)1-6(13,5(11)12)2-4(9)10;7-1-2(8)3(9)4(10)5(11)6(12)13/h13H,1-2H2,(H,7,8)(H,9,10)(H,11,12);1-5,8-11H,(H,12,13)/t;2-,3+,4-,5-/m.0/s1. The van der Waals surface area contributed by atoms with Gasteiger partial charge < -0.3 is 50.8 Å². The van der Waals surface area contributed by atoms with E-state index in [1.165, 1.54) is 0 Å². The Labute approximate surface area is 144 Å². The Morgan fingerprint density at radius 2 is 1.19 bits per heavy atom. The van der Waals surface area contributed by atoms with Crippen molar-refractivity contribution in [3.05, 3.63) is 0 Å². The molecule has 14 heteroatoms. The first-order chi connectivity index (χ1) is 11.7. The van der Waals surface area contributed by atoms with Gasteiger partial charge in [-0.1, -0.05) is 0 Å². The van der Waals surface area contributed by atoms with Crippen LogP contribution in [0.1, 0.15) is 12.8 Å². The number of carbonyl (C=O) groups excluding carboxylic acids is 1. The van der Waals surface area contributed by atoms with Crippen LogP contribution in [-0.4, -0.2) is 106 Å². The van der Waals surface area contributed by atoms with Crippen molar-refractivity contribution in [2.45, 2.75) is 42.9 Å². The molecule has 0 aromatic rings. The molecule has 0 aliphatic rings. The molecule has 0 radical (unpaired) electrons. The zero-order valence-electron chi connectivity index (χ0n) is 12.9. The van der Waals surface area contributed by atoms with Crippen LogP contribution in [0.2, 0.25) is 0 Å². The van der Waals surface area contributed by atoms with Crippen LogP contribution in [0.5, 0.6) is 0 Å². The van der Waals surface area contributed by atoms with Crippen LogP contribution in [0.15, 0.2) is 0 Å². The van der Waals surface area contributed by atoms with Crippen LogP contribution in [0, 0.1) is 0 Å². The number of rotatable bonds is 10. The lowest BCUT2D eigenvalue weighted by molar-refractivity contribution is -0.170. The van der Waals surface area contributed by atoms with Gasteiger partial charge in [-0.3, -0.25) is 9.59 Å². The van der Waals surface area contributed by atoms with Crippen LogP contribution in [-0.2, 0) is 24.0 Å². The van der Waals surface area contributed by atoms with Crippen molar-refractivity contribution in [1.29, 1.82) is 0 Å². The van der Waals surface area contributed by atoms with Crippen LogP contribution in [0.3, 0.4) is 0 Å². The maximum Gasteiger partial charge on any atom is 0.336 e. The highest BCUT2D eigenvalue weighted by atomic mass is 16.4. The summed E-state index contributed by atoms with van der Waals surface area (Å²) in [6, 6.07) is 0. The summed E-state index contributed by atoms with van der Waals surface area (Å²) in [5, 5.41) is 77.0. The number of carboxylic acid groups (broad SMARTS) is 4. The average Bonchev–Trinajstić information content (AvgIpc) is 2.50. The number of carbonyl (C=O) groups is 5. The molecule has 9 N–H and O–H groups in total. The molecule has 0 rings (SSSR count). The van der Waals surface area contributed by atoms with E-state index in [-0.39, 0.29) is 6.29 Å². The Morgan fingerprint density at radius 1 is 0.808 bits per heavy atom. The fraction of sp³-hybridized carbons (Fsp3) is 0.583. The number of aliphatic carboxylic acids is 4. The highest BCUT2D eigenvalue weighted by Gasteiger charge is 2.40. The summed E-state index contributed by atoms with van der Waals surface area (Å²) in [6.07, 6.45) is -10.7. The fourth-order valence-electron chi connectivity index (χ4n) is 1.33. The monoisotopic (exact) mass is 386 g/mol. The van der Waals surface area contributed by atoms with Crippen molar-refractivity contribution < 1.29 is 69.9 Å². The quantitative estimate of drug-likeness (QED) is 0.160. The van der Waals surface area contributed by atoms with Gasteiger partial charge in [-0.2, -0.15) is 0 Å². The van der Waals surface area contributed by atoms with Crippen LogP contribution in [0.25, 0.3) is 0 Å². The molecule has 0 aliphatic heterocycles. The van der Waals surface area contributed by atoms with E-state index in [0.717, 1.165) is 0 Å². The van der Waals surface area contributed by atoms with Gasteiger partial charge in [0.2, 0.25) is 0 Å². The van der Waals surface area contributed by atoms with Crippen molar-refractivity contribution in [2.24, 2.45) is 0 Å². The minimum atomic E-state index is -2.74. The number of aliphatic hydroxyl groups is 5. The van der Waals surface area contributed by atoms with Crippen molar-refractivity contribution in [1.82, 2.24) is 0 Å². The Kier molecular flexibility index (Phi) is 10.9. The van der Waals surface area contributed by atoms with Gasteiger partial charge in [-0.15, -0.1) is 0 Å². The van der Waals surface area contributed by atoms with Crippen molar-refractivity contribution in [3.63, 3.8) is 0 Å². The second kappa shape index (κ2) is 11.1. The summed E-state index contributed by atoms with van der Waals surface area (Å²) in [5.41, 5.74) is -2.74. The maximum atomic E-state index is 10.3. The molecule has 0 bridgehead atoms. The first kappa shape index (κ1) is 25.6. The molecule has 0 saturated carbocycles. The first-order valence-corrected chi connectivity index (χ1v) is 6.49. The topological polar surface area (TPSA) is 267 Å². The number of carboxylic acids is 4. The van der Waals surface area contributed by atoms with E-state index in [0.29, 0.717) is 0 Å². The molecule has 0 spiro atoms. The normalized spacial score (nSPS) is 15.4. The summed E-state index contributed by atoms with van der Waals surface area (Å²) in [7, 11) is 0. The summed E-state index contributed by atoms with van der Waals surface area (Å²) in [4.78, 5) is 50.4. The summed E-state index contributed by atoms with van der Waals surface area (Å²) in [5.74, 6) is -6.78. The summed E-state index contributed by atoms with van der Waals surface area (Å²) in [6.45, 7) is 0. The van der Waals surface area contributed by atoms with Gasteiger partial charge in [-0.25, -0.2) is 9.59 Å². The molecule has 14 nitrogen and oxygen atoms in total. The lowest BCUT2D eigenvalue weighted by Crippen LogP contribution is -2.48. The van der Waals surface area contributed by atoms with Gasteiger partial charge in [0.15, 0.2) is 18.0 Å². The zero-order chi connectivity index (χ0) is 21.2. The zero-order valence-corrected chi connectivity index (χ0v) is 12.9. The molecule has 26 heavy (non-hydrogen) atoms. The predicted octanol–water partition coefficient (Wildman–Crippen LogP) is -4.53. The first-order valence-electron chi connectivity index (χ1n) is 6.49. The second-order valence-corrected chi connectivity index (χ2v) is 4.87. The predicted molar refractivity (Wildman–Crippen MR) is 74.8 cm³/mol. The van der Waals surface area contributed by atoms with Crippen LogP contribution >= 0.6 is 0 Å². The van der Waals surface area contributed by atoms with Crippen molar-refractivity contribution >= 4 is 30.2 Å². The summed E-state index contributed by atoms with van der Waals surface area (Å²) < 4.78 is 0. The molecule has 0 amide bonds. The van der Waals surface area contributed by atoms with Crippen molar-refractivity contribution in [2.75, 3.05) is 0 Å². The molecule has 0 fully saturated rings. The van der Waals surface area contributed by atoms with E-state index >= 15 is 0 Å². The van der Waals surface area contributed by atoms with E-state index in [1.54, 1.807) is 0 Å². The molecule has 150 valence electrons. The summed E-state index contributed by atoms with van der Waals surface area (Å²) >= 11 is 0. The van der Waals surface area contributed by atoms with E-state index < -0.39 is 66.7 Å². The second-order valence-electron chi connectivity index (χ2n) is 4.87. The Balaban J connectivity index is 0. The van der Waals surface area contributed by atoms with E-state index in [1.807, 2.05) is 0 Å². The third-order valence-electron chi connectivity index (χ3n) is 2.70. The Hall–Kier alpha value is -2.65. The molecular weight excluding hydrogens is 368 g/mol. The highest BCUT2D eigenvalue weighted by Crippen LogP contribution is 2.15. The lowest BCUT2D eigenvalue weighted by atomic mass is 9.96. The Bertz CT molecular complexity index is 512. The minimum absolute atomic E-state index is 0.0809. The van der Waals surface area contributed by atoms with Gasteiger partial charge in [0.25, 0.3) is 0 Å². The van der Waals surface area contributed by atoms with Crippen LogP contribution < -0.4 is 0 Å². The molecule has 0 unspecified atom stereocenters. The van der Waals surface area contributed by atoms with Gasteiger partial charge in [0, 0.05) is 0 Å². The van der Waals surface area contributed by atoms with Gasteiger partial charge in [0.05, 0.1) is 12.8 Å². The SMILES string of the molecule is O=C(O)CC(O)(CC(=O)O)C(=O)O.O=C[C@H](O)[C@@H](O)[C@H](O)[C@H](O)C(=O)O. The number of hydrogen-bond donors (Lipinski definition) is 9. The molecule has 0 aliphatic carbocycles. The minimum Gasteiger partial charge on any atom is -0.481 e. The van der Waals surface area contributed by atoms with Crippen LogP contribution in [0.4, 0.5) is 0 Å². The largest absolute Gasteiger partial charge is 0.481 e. The molecule has 4 atom stereocenters. The average molecular weight is 386 g/mol. The molecule has 0 aromatic carbocycles. The molecule has 0 aromatic heterocycles. The molecular formula is C12H18O14. The highest BCUT2D eigenvalue weighted by molar-refractivity contribution is 5.88. The molecule has 0 heterocycles. The Morgan fingerprint density at radius 3 is 1.42 bits per heavy atom. The van der Waals surface area contributed by atoms with E-state index in [9.17, 15) is 24.0 Å². The van der Waals surface area contributed by atoms with Gasteiger partial charge in [-0.05, 0) is 0 Å². The molecule has 0 saturated heterocycles. The lowest BCUT2D eigenvalue weighted by Gasteiger charge is -2.21. The third kappa shape index (κ3) is 9.00. The van der Waals surface area contributed by atoms with Gasteiger partial charge in [0.1, 0.15) is 18.3 Å². The van der Waals surface area contributed by atoms with Crippen molar-refractivity contribution in [3.8, 4) is 0 Å². The van der Waals surface area contributed by atoms with E-state index in [4.69, 9.17) is 46.0 Å². The third-order valence-corrected chi connectivity index (χ3v) is 2.70. The smallest absolute Gasteiger partial charge is 0.336 e. The number of aliphatic hydroxyl groups excluding tert-OH is 4. The van der Waals surface area contributed by atoms with E-state index in [2.05, 4.69) is 0 Å². The fourth-order valence-corrected chi connectivity index (χ4v) is 1.33. The maximum absolute atomic E-state index is 10.3. The van der Waals surface area contributed by atoms with Gasteiger partial charge >= 0.3 is 23.9 Å². The number of hydrogen-bond acceptors (Lipinski definition) is 10. The number of aldehydes is 1.